The molecule has 1 aromatic rings. The fourth-order valence-corrected chi connectivity index (χ4v) is 3.67. The van der Waals surface area contributed by atoms with E-state index < -0.39 is 5.79 Å². The van der Waals surface area contributed by atoms with Crippen LogP contribution in [0.2, 0.25) is 0 Å². The number of ether oxygens (including phenoxy) is 5. The van der Waals surface area contributed by atoms with Crippen molar-refractivity contribution in [3.8, 4) is 5.75 Å². The molecular formula is C21H32O5. The van der Waals surface area contributed by atoms with Crippen LogP contribution >= 0.6 is 0 Å². The summed E-state index contributed by atoms with van der Waals surface area (Å²) in [6, 6.07) is 7.96. The van der Waals surface area contributed by atoms with Crippen molar-refractivity contribution >= 4 is 0 Å². The molecule has 3 rings (SSSR count). The molecule has 0 unspecified atom stereocenters. The first-order valence-corrected chi connectivity index (χ1v) is 9.78. The van der Waals surface area contributed by atoms with E-state index in [4.69, 9.17) is 23.7 Å². The Kier molecular flexibility index (Phi) is 6.56. The number of fused-ring (bicyclic) bond motifs is 1. The summed E-state index contributed by atoms with van der Waals surface area (Å²) in [5, 5.41) is 0. The maximum Gasteiger partial charge on any atom is 0.190 e. The summed E-state index contributed by atoms with van der Waals surface area (Å²) >= 11 is 0. The van der Waals surface area contributed by atoms with Gasteiger partial charge in [0.2, 0.25) is 0 Å². The highest BCUT2D eigenvalue weighted by molar-refractivity contribution is 5.26. The molecule has 0 radical (unpaired) electrons. The molecule has 0 aromatic heterocycles. The van der Waals surface area contributed by atoms with Crippen molar-refractivity contribution in [1.82, 2.24) is 0 Å². The number of benzene rings is 1. The molecular weight excluding hydrogens is 332 g/mol. The summed E-state index contributed by atoms with van der Waals surface area (Å²) < 4.78 is 29.6. The molecule has 0 N–H and O–H groups in total. The first-order chi connectivity index (χ1) is 12.5. The highest BCUT2D eigenvalue weighted by Gasteiger charge is 2.55. The van der Waals surface area contributed by atoms with E-state index in [0.717, 1.165) is 24.2 Å². The minimum absolute atomic E-state index is 0.0243. The molecule has 146 valence electrons. The maximum atomic E-state index is 6.27. The van der Waals surface area contributed by atoms with Crippen molar-refractivity contribution in [1.29, 1.82) is 0 Å². The molecule has 1 aromatic carbocycles. The smallest absolute Gasteiger partial charge is 0.190 e. The Balaban J connectivity index is 1.60. The standard InChI is InChI=1S/C21H32O5/c1-5-6-7-8-9-17-18(19-20(24-17)26-21(2,3)25-19)23-14-15-10-12-16(22-4)13-11-15/h10-13,17-20H,5-9,14H2,1-4H3/t17-,18+,19-,20-/m1/s1. The molecule has 5 heteroatoms. The summed E-state index contributed by atoms with van der Waals surface area (Å²) in [5.74, 6) is 0.227. The number of hydrogen-bond acceptors (Lipinski definition) is 5. The zero-order chi connectivity index (χ0) is 18.6. The molecule has 2 saturated heterocycles. The molecule has 0 aliphatic carbocycles. The fourth-order valence-electron chi connectivity index (χ4n) is 3.67. The Hall–Kier alpha value is -1.14. The Morgan fingerprint density at radius 3 is 2.50 bits per heavy atom. The number of hydrogen-bond donors (Lipinski definition) is 0. The third-order valence-corrected chi connectivity index (χ3v) is 5.03. The van der Waals surface area contributed by atoms with E-state index in [1.807, 2.05) is 38.1 Å². The Morgan fingerprint density at radius 1 is 1.04 bits per heavy atom. The molecule has 5 nitrogen and oxygen atoms in total. The molecule has 0 bridgehead atoms. The number of unbranched alkanes of at least 4 members (excludes halogenated alkanes) is 3. The highest BCUT2D eigenvalue weighted by atomic mass is 16.8. The second-order valence-corrected chi connectivity index (χ2v) is 7.62. The first kappa shape index (κ1) is 19.6. The Labute approximate surface area is 156 Å². The fraction of sp³-hybridized carbons (Fsp3) is 0.714. The van der Waals surface area contributed by atoms with Crippen molar-refractivity contribution in [2.45, 2.75) is 89.9 Å². The number of methoxy groups -OCH3 is 1. The summed E-state index contributed by atoms with van der Waals surface area (Å²) in [7, 11) is 1.67. The Morgan fingerprint density at radius 2 is 1.81 bits per heavy atom. The van der Waals surface area contributed by atoms with E-state index in [2.05, 4.69) is 6.92 Å². The van der Waals surface area contributed by atoms with E-state index in [9.17, 15) is 0 Å². The quantitative estimate of drug-likeness (QED) is 0.607. The van der Waals surface area contributed by atoms with Crippen molar-refractivity contribution in [3.05, 3.63) is 29.8 Å². The molecule has 2 heterocycles. The average Bonchev–Trinajstić information content (AvgIpc) is 3.08. The van der Waals surface area contributed by atoms with Crippen LogP contribution in [0.4, 0.5) is 0 Å². The van der Waals surface area contributed by atoms with E-state index in [0.29, 0.717) is 6.61 Å². The van der Waals surface area contributed by atoms with Gasteiger partial charge in [-0.2, -0.15) is 0 Å². The molecule has 0 saturated carbocycles. The second kappa shape index (κ2) is 8.70. The average molecular weight is 364 g/mol. The zero-order valence-electron chi connectivity index (χ0n) is 16.4. The molecule has 2 aliphatic rings. The van der Waals surface area contributed by atoms with Crippen molar-refractivity contribution in [3.63, 3.8) is 0 Å². The lowest BCUT2D eigenvalue weighted by Crippen LogP contribution is -2.36. The topological polar surface area (TPSA) is 46.2 Å². The van der Waals surface area contributed by atoms with Gasteiger partial charge in [-0.05, 0) is 38.0 Å². The lowest BCUT2D eigenvalue weighted by Gasteiger charge is -2.26. The minimum atomic E-state index is -0.621. The third-order valence-electron chi connectivity index (χ3n) is 5.03. The van der Waals surface area contributed by atoms with Crippen LogP contribution in [0, 0.1) is 0 Å². The van der Waals surface area contributed by atoms with Crippen molar-refractivity contribution < 1.29 is 23.7 Å². The normalized spacial score (nSPS) is 29.7. The van der Waals surface area contributed by atoms with Crippen molar-refractivity contribution in [2.75, 3.05) is 7.11 Å². The van der Waals surface area contributed by atoms with Crippen LogP contribution in [0.1, 0.15) is 58.4 Å². The van der Waals surface area contributed by atoms with E-state index in [1.165, 1.54) is 19.3 Å². The predicted octanol–water partition coefficient (Wildman–Crippen LogP) is 4.43. The van der Waals surface area contributed by atoms with Crippen LogP contribution in [0.3, 0.4) is 0 Å². The largest absolute Gasteiger partial charge is 0.497 e. The van der Waals surface area contributed by atoms with Gasteiger partial charge in [-0.15, -0.1) is 0 Å². The van der Waals surface area contributed by atoms with Gasteiger partial charge in [0.1, 0.15) is 18.0 Å². The van der Waals surface area contributed by atoms with Gasteiger partial charge in [0.05, 0.1) is 19.8 Å². The zero-order valence-corrected chi connectivity index (χ0v) is 16.4. The predicted molar refractivity (Wildman–Crippen MR) is 99.0 cm³/mol. The van der Waals surface area contributed by atoms with Gasteiger partial charge in [0.15, 0.2) is 12.1 Å². The lowest BCUT2D eigenvalue weighted by atomic mass is 10.0. The summed E-state index contributed by atoms with van der Waals surface area (Å²) in [5.41, 5.74) is 1.11. The van der Waals surface area contributed by atoms with Gasteiger partial charge in [-0.25, -0.2) is 0 Å². The summed E-state index contributed by atoms with van der Waals surface area (Å²) in [6.45, 7) is 6.59. The van der Waals surface area contributed by atoms with Crippen LogP contribution < -0.4 is 4.74 Å². The first-order valence-electron chi connectivity index (χ1n) is 9.78. The van der Waals surface area contributed by atoms with Gasteiger partial charge in [0.25, 0.3) is 0 Å². The van der Waals surface area contributed by atoms with Crippen LogP contribution in [-0.4, -0.2) is 37.5 Å². The third kappa shape index (κ3) is 4.77. The monoisotopic (exact) mass is 364 g/mol. The van der Waals surface area contributed by atoms with Crippen LogP contribution in [-0.2, 0) is 25.6 Å². The van der Waals surface area contributed by atoms with Gasteiger partial charge >= 0.3 is 0 Å². The number of rotatable bonds is 9. The second-order valence-electron chi connectivity index (χ2n) is 7.62. The lowest BCUT2D eigenvalue weighted by molar-refractivity contribution is -0.219. The molecule has 0 spiro atoms. The molecule has 2 fully saturated rings. The van der Waals surface area contributed by atoms with E-state index in [-0.39, 0.29) is 24.6 Å². The molecule has 0 amide bonds. The van der Waals surface area contributed by atoms with Gasteiger partial charge in [0, 0.05) is 0 Å². The SMILES string of the molecule is CCCCCC[C@H]1O[C@@H]2OC(C)(C)O[C@@H]2[C@H]1OCc1ccc(OC)cc1. The van der Waals surface area contributed by atoms with Crippen LogP contribution in [0.25, 0.3) is 0 Å². The van der Waals surface area contributed by atoms with Gasteiger partial charge in [-0.1, -0.05) is 44.7 Å². The summed E-state index contributed by atoms with van der Waals surface area (Å²) in [6.07, 6.45) is 5.26. The summed E-state index contributed by atoms with van der Waals surface area (Å²) in [4.78, 5) is 0. The minimum Gasteiger partial charge on any atom is -0.497 e. The Bertz CT molecular complexity index is 556. The van der Waals surface area contributed by atoms with Crippen LogP contribution in [0.15, 0.2) is 24.3 Å². The molecule has 2 aliphatic heterocycles. The van der Waals surface area contributed by atoms with E-state index >= 15 is 0 Å². The molecule has 4 atom stereocenters. The maximum absolute atomic E-state index is 6.27. The molecule has 26 heavy (non-hydrogen) atoms. The van der Waals surface area contributed by atoms with Crippen molar-refractivity contribution in [2.24, 2.45) is 0 Å². The van der Waals surface area contributed by atoms with E-state index in [1.54, 1.807) is 7.11 Å². The van der Waals surface area contributed by atoms with Crippen LogP contribution in [0.5, 0.6) is 5.75 Å². The highest BCUT2D eigenvalue weighted by Crippen LogP contribution is 2.40. The van der Waals surface area contributed by atoms with Gasteiger partial charge in [-0.3, -0.25) is 0 Å². The van der Waals surface area contributed by atoms with Gasteiger partial charge < -0.3 is 23.7 Å².